The van der Waals surface area contributed by atoms with Crippen molar-refractivity contribution >= 4 is 15.7 Å². The number of aromatic nitrogens is 2. The first-order valence-electron chi connectivity index (χ1n) is 9.04. The number of aryl methyl sites for hydroxylation is 1. The quantitative estimate of drug-likeness (QED) is 0.579. The van der Waals surface area contributed by atoms with Crippen molar-refractivity contribution in [3.05, 3.63) is 72.1 Å². The first-order chi connectivity index (χ1) is 13.7. The van der Waals surface area contributed by atoms with E-state index < -0.39 is 21.9 Å². The van der Waals surface area contributed by atoms with E-state index in [1.54, 1.807) is 24.3 Å². The van der Waals surface area contributed by atoms with Gasteiger partial charge in [0.25, 0.3) is 10.0 Å². The van der Waals surface area contributed by atoms with Crippen molar-refractivity contribution in [1.29, 1.82) is 0 Å². The van der Waals surface area contributed by atoms with Gasteiger partial charge in [0.05, 0.1) is 10.6 Å². The second-order valence-corrected chi connectivity index (χ2v) is 8.23. The van der Waals surface area contributed by atoms with Gasteiger partial charge in [-0.15, -0.1) is 0 Å². The summed E-state index contributed by atoms with van der Waals surface area (Å²) in [5.41, 5.74) is 0.757. The van der Waals surface area contributed by atoms with Gasteiger partial charge in [-0.05, 0) is 60.9 Å². The molecule has 29 heavy (non-hydrogen) atoms. The molecular weight excluding hydrogens is 403 g/mol. The number of nitrogens with zero attached hydrogens (tertiary/aromatic N) is 2. The number of sulfonamides is 1. The lowest BCUT2D eigenvalue weighted by molar-refractivity contribution is -0.141. The van der Waals surface area contributed by atoms with Gasteiger partial charge in [-0.1, -0.05) is 25.5 Å². The van der Waals surface area contributed by atoms with Crippen LogP contribution in [0.5, 0.6) is 0 Å². The smallest absolute Gasteiger partial charge is 0.280 e. The van der Waals surface area contributed by atoms with E-state index in [1.807, 2.05) is 0 Å². The van der Waals surface area contributed by atoms with Crippen molar-refractivity contribution < 1.29 is 21.6 Å². The van der Waals surface area contributed by atoms with Crippen molar-refractivity contribution in [1.82, 2.24) is 9.78 Å². The second kappa shape index (κ2) is 8.28. The van der Waals surface area contributed by atoms with Gasteiger partial charge in [-0.3, -0.25) is 4.72 Å². The standard InChI is InChI=1S/C20H20F3N3O2S/c1-2-3-4-15-5-11-18(12-6-15)29(27,28)25-16-7-9-17(10-8-16)26-14-13-19(24-26)20(21,22)23/h5-14,25H,2-4H2,1H3. The van der Waals surface area contributed by atoms with Gasteiger partial charge in [0, 0.05) is 11.9 Å². The average Bonchev–Trinajstić information content (AvgIpc) is 3.18. The van der Waals surface area contributed by atoms with E-state index in [0.717, 1.165) is 35.6 Å². The summed E-state index contributed by atoms with van der Waals surface area (Å²) in [6.07, 6.45) is -0.324. The van der Waals surface area contributed by atoms with Gasteiger partial charge in [-0.25, -0.2) is 13.1 Å². The van der Waals surface area contributed by atoms with Crippen LogP contribution in [0.1, 0.15) is 31.0 Å². The van der Waals surface area contributed by atoms with Crippen LogP contribution in [0, 0.1) is 0 Å². The lowest BCUT2D eigenvalue weighted by atomic mass is 10.1. The number of anilines is 1. The Hall–Kier alpha value is -2.81. The SMILES string of the molecule is CCCCc1ccc(S(=O)(=O)Nc2ccc(-n3ccc(C(F)(F)F)n3)cc2)cc1. The molecule has 2 aromatic carbocycles. The summed E-state index contributed by atoms with van der Waals surface area (Å²) >= 11 is 0. The summed E-state index contributed by atoms with van der Waals surface area (Å²) in [7, 11) is -3.76. The van der Waals surface area contributed by atoms with Crippen LogP contribution in [0.3, 0.4) is 0 Å². The summed E-state index contributed by atoms with van der Waals surface area (Å²) in [5.74, 6) is 0. The van der Waals surface area contributed by atoms with E-state index in [2.05, 4.69) is 16.7 Å². The highest BCUT2D eigenvalue weighted by Gasteiger charge is 2.33. The van der Waals surface area contributed by atoms with Gasteiger partial charge in [0.1, 0.15) is 0 Å². The van der Waals surface area contributed by atoms with Gasteiger partial charge >= 0.3 is 6.18 Å². The highest BCUT2D eigenvalue weighted by molar-refractivity contribution is 7.92. The molecule has 9 heteroatoms. The minimum Gasteiger partial charge on any atom is -0.280 e. The molecule has 1 heterocycles. The molecule has 0 atom stereocenters. The second-order valence-electron chi connectivity index (χ2n) is 6.54. The van der Waals surface area contributed by atoms with E-state index in [-0.39, 0.29) is 4.90 Å². The number of hydrogen-bond donors (Lipinski definition) is 1. The Labute approximate surface area is 167 Å². The van der Waals surface area contributed by atoms with E-state index >= 15 is 0 Å². The average molecular weight is 423 g/mol. The zero-order chi connectivity index (χ0) is 21.1. The number of unbranched alkanes of at least 4 members (excludes halogenated alkanes) is 1. The molecule has 0 fully saturated rings. The van der Waals surface area contributed by atoms with E-state index in [9.17, 15) is 21.6 Å². The maximum Gasteiger partial charge on any atom is 0.435 e. The van der Waals surface area contributed by atoms with Gasteiger partial charge < -0.3 is 0 Å². The van der Waals surface area contributed by atoms with Crippen LogP contribution in [-0.4, -0.2) is 18.2 Å². The molecule has 0 aliphatic heterocycles. The third-order valence-corrected chi connectivity index (χ3v) is 5.71. The molecule has 0 bridgehead atoms. The van der Waals surface area contributed by atoms with Crippen LogP contribution in [0.25, 0.3) is 5.69 Å². The van der Waals surface area contributed by atoms with Crippen molar-refractivity contribution in [3.63, 3.8) is 0 Å². The van der Waals surface area contributed by atoms with Crippen molar-refractivity contribution in [2.75, 3.05) is 4.72 Å². The fourth-order valence-electron chi connectivity index (χ4n) is 2.73. The van der Waals surface area contributed by atoms with Crippen LogP contribution in [-0.2, 0) is 22.6 Å². The highest BCUT2D eigenvalue weighted by atomic mass is 32.2. The van der Waals surface area contributed by atoms with E-state index in [0.29, 0.717) is 11.4 Å². The number of benzene rings is 2. The molecule has 0 unspecified atom stereocenters. The summed E-state index contributed by atoms with van der Waals surface area (Å²) in [6, 6.07) is 13.5. The number of hydrogen-bond acceptors (Lipinski definition) is 3. The summed E-state index contributed by atoms with van der Waals surface area (Å²) in [4.78, 5) is 0.142. The van der Waals surface area contributed by atoms with E-state index in [1.165, 1.54) is 30.5 Å². The topological polar surface area (TPSA) is 64.0 Å². The molecule has 0 saturated heterocycles. The molecule has 1 N–H and O–H groups in total. The Kier molecular flexibility index (Phi) is 5.97. The molecule has 0 radical (unpaired) electrons. The molecule has 3 aromatic rings. The Bertz CT molecular complexity index is 1060. The van der Waals surface area contributed by atoms with Crippen molar-refractivity contribution in [2.24, 2.45) is 0 Å². The Morgan fingerprint density at radius 2 is 1.66 bits per heavy atom. The number of nitrogens with one attached hydrogen (secondary N) is 1. The maximum atomic E-state index is 12.7. The summed E-state index contributed by atoms with van der Waals surface area (Å²) < 4.78 is 66.6. The minimum absolute atomic E-state index is 0.142. The molecular formula is C20H20F3N3O2S. The van der Waals surface area contributed by atoms with Crippen LogP contribution in [0.4, 0.5) is 18.9 Å². The lowest BCUT2D eigenvalue weighted by Crippen LogP contribution is -2.13. The fraction of sp³-hybridized carbons (Fsp3) is 0.250. The fourth-order valence-corrected chi connectivity index (χ4v) is 3.79. The summed E-state index contributed by atoms with van der Waals surface area (Å²) in [5, 5.41) is 3.49. The monoisotopic (exact) mass is 423 g/mol. The Morgan fingerprint density at radius 1 is 1.00 bits per heavy atom. The molecule has 1 aromatic heterocycles. The first-order valence-corrected chi connectivity index (χ1v) is 10.5. The number of halogens is 3. The normalized spacial score (nSPS) is 12.1. The molecule has 0 aliphatic rings. The molecule has 154 valence electrons. The minimum atomic E-state index is -4.52. The predicted molar refractivity (Wildman–Crippen MR) is 104 cm³/mol. The molecule has 0 spiro atoms. The molecule has 5 nitrogen and oxygen atoms in total. The zero-order valence-electron chi connectivity index (χ0n) is 15.6. The van der Waals surface area contributed by atoms with Crippen LogP contribution < -0.4 is 4.72 Å². The largest absolute Gasteiger partial charge is 0.435 e. The third kappa shape index (κ3) is 5.17. The highest BCUT2D eigenvalue weighted by Crippen LogP contribution is 2.28. The Balaban J connectivity index is 1.72. The van der Waals surface area contributed by atoms with Gasteiger partial charge in [0.15, 0.2) is 5.69 Å². The molecule has 3 rings (SSSR count). The predicted octanol–water partition coefficient (Wildman–Crippen LogP) is 5.03. The Morgan fingerprint density at radius 3 is 2.21 bits per heavy atom. The van der Waals surface area contributed by atoms with Crippen LogP contribution >= 0.6 is 0 Å². The van der Waals surface area contributed by atoms with E-state index in [4.69, 9.17) is 0 Å². The third-order valence-electron chi connectivity index (χ3n) is 4.32. The van der Waals surface area contributed by atoms with Gasteiger partial charge in [0.2, 0.25) is 0 Å². The maximum absolute atomic E-state index is 12.7. The summed E-state index contributed by atoms with van der Waals surface area (Å²) in [6.45, 7) is 2.09. The van der Waals surface area contributed by atoms with Gasteiger partial charge in [-0.2, -0.15) is 18.3 Å². The number of alkyl halides is 3. The molecule has 0 amide bonds. The first kappa shape index (κ1) is 20.9. The molecule has 0 aliphatic carbocycles. The van der Waals surface area contributed by atoms with Crippen LogP contribution in [0.2, 0.25) is 0 Å². The number of rotatable bonds is 7. The van der Waals surface area contributed by atoms with Crippen molar-refractivity contribution in [2.45, 2.75) is 37.3 Å². The molecule has 0 saturated carbocycles. The zero-order valence-corrected chi connectivity index (χ0v) is 16.5. The van der Waals surface area contributed by atoms with Crippen LogP contribution in [0.15, 0.2) is 65.7 Å². The lowest BCUT2D eigenvalue weighted by Gasteiger charge is -2.10. The van der Waals surface area contributed by atoms with Crippen molar-refractivity contribution in [3.8, 4) is 5.69 Å².